The van der Waals surface area contributed by atoms with Gasteiger partial charge in [0.2, 0.25) is 10.0 Å². The molecule has 0 bridgehead atoms. The Morgan fingerprint density at radius 1 is 1.40 bits per heavy atom. The van der Waals surface area contributed by atoms with Crippen LogP contribution in [-0.2, 0) is 16.6 Å². The van der Waals surface area contributed by atoms with Crippen LogP contribution >= 0.6 is 11.3 Å². The van der Waals surface area contributed by atoms with Crippen LogP contribution in [0.2, 0.25) is 0 Å². The Morgan fingerprint density at radius 2 is 2.10 bits per heavy atom. The third kappa shape index (κ3) is 2.84. The molecule has 0 aliphatic rings. The van der Waals surface area contributed by atoms with Gasteiger partial charge < -0.3 is 5.73 Å². The van der Waals surface area contributed by atoms with E-state index in [0.717, 1.165) is 15.9 Å². The summed E-state index contributed by atoms with van der Waals surface area (Å²) in [5.74, 6) is -0.753. The summed E-state index contributed by atoms with van der Waals surface area (Å²) in [7, 11) is -2.49. The van der Waals surface area contributed by atoms with Gasteiger partial charge in [-0.25, -0.2) is 12.8 Å². The quantitative estimate of drug-likeness (QED) is 0.882. The summed E-state index contributed by atoms with van der Waals surface area (Å²) in [6, 6.07) is 4.40. The van der Waals surface area contributed by atoms with Crippen molar-refractivity contribution in [1.82, 2.24) is 4.31 Å². The first kappa shape index (κ1) is 15.0. The topological polar surface area (TPSA) is 63.4 Å². The second-order valence-corrected chi connectivity index (χ2v) is 7.34. The predicted molar refractivity (Wildman–Crippen MR) is 78.5 cm³/mol. The Hall–Kier alpha value is -1.44. The van der Waals surface area contributed by atoms with Gasteiger partial charge in [-0.2, -0.15) is 15.6 Å². The molecule has 0 aliphatic heterocycles. The van der Waals surface area contributed by atoms with E-state index in [0.29, 0.717) is 0 Å². The van der Waals surface area contributed by atoms with E-state index >= 15 is 0 Å². The average Bonchev–Trinajstić information content (AvgIpc) is 2.86. The van der Waals surface area contributed by atoms with Crippen molar-refractivity contribution in [1.29, 1.82) is 0 Å². The molecule has 0 fully saturated rings. The number of rotatable bonds is 4. The minimum Gasteiger partial charge on any atom is -0.399 e. The number of hydrogen-bond donors (Lipinski definition) is 1. The molecule has 0 atom stereocenters. The molecule has 1 aromatic carbocycles. The van der Waals surface area contributed by atoms with E-state index in [1.807, 2.05) is 16.8 Å². The number of nitrogens with zero attached hydrogens (tertiary/aromatic N) is 1. The number of benzene rings is 1. The van der Waals surface area contributed by atoms with Crippen LogP contribution in [-0.4, -0.2) is 19.8 Å². The zero-order valence-electron chi connectivity index (χ0n) is 11.1. The lowest BCUT2D eigenvalue weighted by Crippen LogP contribution is -2.27. The SMILES string of the molecule is Cc1cc(N)cc(S(=O)(=O)N(C)Cc2ccsc2)c1F. The third-order valence-electron chi connectivity index (χ3n) is 2.92. The maximum atomic E-state index is 14.1. The first-order valence-corrected chi connectivity index (χ1v) is 8.23. The second kappa shape index (κ2) is 5.51. The number of halogens is 1. The summed E-state index contributed by atoms with van der Waals surface area (Å²) < 4.78 is 40.0. The van der Waals surface area contributed by atoms with Gasteiger partial charge in [-0.15, -0.1) is 0 Å². The highest BCUT2D eigenvalue weighted by molar-refractivity contribution is 7.89. The Morgan fingerprint density at radius 3 is 2.70 bits per heavy atom. The standard InChI is InChI=1S/C13H15FN2O2S2/c1-9-5-11(15)6-12(13(9)14)20(17,18)16(2)7-10-3-4-19-8-10/h3-6,8H,7,15H2,1-2H3. The lowest BCUT2D eigenvalue weighted by molar-refractivity contribution is 0.460. The van der Waals surface area contributed by atoms with Gasteiger partial charge in [0.05, 0.1) is 0 Å². The summed E-state index contributed by atoms with van der Waals surface area (Å²) in [5.41, 5.74) is 6.92. The number of nitrogen functional groups attached to an aromatic ring is 1. The molecule has 0 saturated carbocycles. The number of anilines is 1. The largest absolute Gasteiger partial charge is 0.399 e. The fourth-order valence-electron chi connectivity index (χ4n) is 1.84. The first-order chi connectivity index (χ1) is 9.32. The van der Waals surface area contributed by atoms with Gasteiger partial charge >= 0.3 is 0 Å². The van der Waals surface area contributed by atoms with Gasteiger partial charge in [0.15, 0.2) is 0 Å². The maximum absolute atomic E-state index is 14.1. The molecule has 0 unspecified atom stereocenters. The lowest BCUT2D eigenvalue weighted by Gasteiger charge is -2.18. The molecule has 1 aromatic heterocycles. The molecule has 2 N–H and O–H groups in total. The van der Waals surface area contributed by atoms with E-state index in [-0.39, 0.29) is 22.7 Å². The van der Waals surface area contributed by atoms with Crippen molar-refractivity contribution in [2.24, 2.45) is 0 Å². The average molecular weight is 314 g/mol. The molecule has 2 rings (SSSR count). The predicted octanol–water partition coefficient (Wildman–Crippen LogP) is 2.60. The minimum atomic E-state index is -3.91. The van der Waals surface area contributed by atoms with Gasteiger partial charge in [-0.05, 0) is 47.0 Å². The van der Waals surface area contributed by atoms with E-state index in [9.17, 15) is 12.8 Å². The van der Waals surface area contributed by atoms with Crippen LogP contribution in [0.3, 0.4) is 0 Å². The molecule has 7 heteroatoms. The number of aryl methyl sites for hydroxylation is 1. The molecular weight excluding hydrogens is 299 g/mol. The van der Waals surface area contributed by atoms with Gasteiger partial charge in [0.1, 0.15) is 10.7 Å². The highest BCUT2D eigenvalue weighted by atomic mass is 32.2. The molecule has 1 heterocycles. The van der Waals surface area contributed by atoms with Crippen LogP contribution in [0.25, 0.3) is 0 Å². The zero-order valence-corrected chi connectivity index (χ0v) is 12.8. The van der Waals surface area contributed by atoms with E-state index in [4.69, 9.17) is 5.73 Å². The van der Waals surface area contributed by atoms with E-state index < -0.39 is 15.8 Å². The summed E-state index contributed by atoms with van der Waals surface area (Å²) in [4.78, 5) is -0.382. The van der Waals surface area contributed by atoms with Crippen molar-refractivity contribution >= 4 is 27.0 Å². The molecule has 20 heavy (non-hydrogen) atoms. The number of sulfonamides is 1. The van der Waals surface area contributed by atoms with E-state index in [1.54, 1.807) is 0 Å². The van der Waals surface area contributed by atoms with Crippen LogP contribution in [0, 0.1) is 12.7 Å². The Labute approximate surface area is 121 Å². The zero-order chi connectivity index (χ0) is 14.9. The minimum absolute atomic E-state index is 0.194. The summed E-state index contributed by atoms with van der Waals surface area (Å²) in [6.45, 7) is 1.68. The van der Waals surface area contributed by atoms with Crippen LogP contribution in [0.15, 0.2) is 33.9 Å². The maximum Gasteiger partial charge on any atom is 0.246 e. The Kier molecular flexibility index (Phi) is 4.12. The van der Waals surface area contributed by atoms with Crippen LogP contribution < -0.4 is 5.73 Å². The summed E-state index contributed by atoms with van der Waals surface area (Å²) in [6.07, 6.45) is 0. The summed E-state index contributed by atoms with van der Waals surface area (Å²) >= 11 is 1.48. The van der Waals surface area contributed by atoms with E-state index in [1.165, 1.54) is 31.4 Å². The highest BCUT2D eigenvalue weighted by Crippen LogP contribution is 2.25. The third-order valence-corrected chi connectivity index (χ3v) is 5.45. The van der Waals surface area contributed by atoms with Crippen molar-refractivity contribution in [2.45, 2.75) is 18.4 Å². The van der Waals surface area contributed by atoms with Crippen LogP contribution in [0.4, 0.5) is 10.1 Å². The van der Waals surface area contributed by atoms with Crippen molar-refractivity contribution in [3.8, 4) is 0 Å². The molecule has 0 spiro atoms. The highest BCUT2D eigenvalue weighted by Gasteiger charge is 2.26. The van der Waals surface area contributed by atoms with Gasteiger partial charge in [0, 0.05) is 19.3 Å². The van der Waals surface area contributed by atoms with Crippen molar-refractivity contribution < 1.29 is 12.8 Å². The molecule has 0 radical (unpaired) electrons. The molecule has 2 aromatic rings. The fourth-order valence-corrected chi connectivity index (χ4v) is 3.83. The van der Waals surface area contributed by atoms with Crippen LogP contribution in [0.1, 0.15) is 11.1 Å². The fraction of sp³-hybridized carbons (Fsp3) is 0.231. The Balaban J connectivity index is 2.40. The van der Waals surface area contributed by atoms with E-state index in [2.05, 4.69) is 0 Å². The number of thiophene rings is 1. The monoisotopic (exact) mass is 314 g/mol. The molecular formula is C13H15FN2O2S2. The molecule has 0 saturated heterocycles. The number of nitrogens with two attached hydrogens (primary N) is 1. The molecule has 0 aliphatic carbocycles. The van der Waals surface area contributed by atoms with Crippen molar-refractivity contribution in [3.05, 3.63) is 45.9 Å². The first-order valence-electron chi connectivity index (χ1n) is 5.85. The van der Waals surface area contributed by atoms with Crippen LogP contribution in [0.5, 0.6) is 0 Å². The second-order valence-electron chi connectivity index (χ2n) is 4.54. The van der Waals surface area contributed by atoms with Crippen molar-refractivity contribution in [3.63, 3.8) is 0 Å². The number of hydrogen-bond acceptors (Lipinski definition) is 4. The van der Waals surface area contributed by atoms with Gasteiger partial charge in [0.25, 0.3) is 0 Å². The molecule has 4 nitrogen and oxygen atoms in total. The smallest absolute Gasteiger partial charge is 0.246 e. The summed E-state index contributed by atoms with van der Waals surface area (Å²) in [5, 5.41) is 3.72. The lowest BCUT2D eigenvalue weighted by atomic mass is 10.2. The normalized spacial score (nSPS) is 12.0. The molecule has 108 valence electrons. The Bertz CT molecular complexity index is 712. The van der Waals surface area contributed by atoms with Gasteiger partial charge in [-0.1, -0.05) is 0 Å². The molecule has 0 amide bonds. The van der Waals surface area contributed by atoms with Crippen molar-refractivity contribution in [2.75, 3.05) is 12.8 Å². The van der Waals surface area contributed by atoms with Gasteiger partial charge in [-0.3, -0.25) is 0 Å².